The lowest BCUT2D eigenvalue weighted by Crippen LogP contribution is -2.56. The highest BCUT2D eigenvalue weighted by Crippen LogP contribution is 2.55. The minimum absolute atomic E-state index is 0.120. The van der Waals surface area contributed by atoms with Gasteiger partial charge in [-0.1, -0.05) is 67.8 Å². The van der Waals surface area contributed by atoms with Crippen LogP contribution in [0.5, 0.6) is 0 Å². The summed E-state index contributed by atoms with van der Waals surface area (Å²) in [5.74, 6) is -2.02. The molecule has 1 aromatic rings. The Kier molecular flexibility index (Phi) is 5.83. The average Bonchev–Trinajstić information content (AvgIpc) is 3.47. The summed E-state index contributed by atoms with van der Waals surface area (Å²) in [5, 5.41) is 6.14. The summed E-state index contributed by atoms with van der Waals surface area (Å²) in [4.78, 5) is 41.8. The fraction of sp³-hybridized carbons (Fsp3) is 0.500. The minimum atomic E-state index is -1.11. The molecule has 2 saturated heterocycles. The second kappa shape index (κ2) is 8.78. The van der Waals surface area contributed by atoms with Gasteiger partial charge in [-0.15, -0.1) is 6.58 Å². The van der Waals surface area contributed by atoms with Crippen molar-refractivity contribution < 1.29 is 19.1 Å². The Bertz CT molecular complexity index is 971. The van der Waals surface area contributed by atoms with E-state index in [9.17, 15) is 14.4 Å². The predicted molar refractivity (Wildman–Crippen MR) is 123 cm³/mol. The van der Waals surface area contributed by atoms with Gasteiger partial charge in [-0.05, 0) is 18.4 Å². The van der Waals surface area contributed by atoms with Gasteiger partial charge < -0.3 is 20.3 Å². The van der Waals surface area contributed by atoms with Crippen LogP contribution < -0.4 is 10.6 Å². The average molecular weight is 450 g/mol. The van der Waals surface area contributed by atoms with E-state index in [0.717, 1.165) is 31.2 Å². The monoisotopic (exact) mass is 449 g/mol. The molecule has 5 atom stereocenters. The molecular weight excluding hydrogens is 418 g/mol. The summed E-state index contributed by atoms with van der Waals surface area (Å²) in [6, 6.07) is 8.96. The molecule has 3 amide bonds. The van der Waals surface area contributed by atoms with E-state index in [2.05, 4.69) is 17.2 Å². The Morgan fingerprint density at radius 1 is 1.15 bits per heavy atom. The van der Waals surface area contributed by atoms with Crippen molar-refractivity contribution in [2.75, 3.05) is 6.54 Å². The van der Waals surface area contributed by atoms with E-state index in [1.807, 2.05) is 42.5 Å². The van der Waals surface area contributed by atoms with E-state index in [4.69, 9.17) is 4.74 Å². The van der Waals surface area contributed by atoms with Gasteiger partial charge in [0.2, 0.25) is 17.7 Å². The first-order valence-electron chi connectivity index (χ1n) is 12.0. The zero-order chi connectivity index (χ0) is 23.0. The molecule has 174 valence electrons. The smallest absolute Gasteiger partial charge is 0.246 e. The van der Waals surface area contributed by atoms with Crippen LogP contribution in [0.1, 0.15) is 37.7 Å². The third-order valence-corrected chi connectivity index (χ3v) is 7.51. The van der Waals surface area contributed by atoms with Gasteiger partial charge in [0.05, 0.1) is 17.9 Å². The number of benzene rings is 1. The molecule has 0 aromatic heterocycles. The molecule has 7 nitrogen and oxygen atoms in total. The van der Waals surface area contributed by atoms with E-state index < -0.39 is 29.6 Å². The number of hydrogen-bond donors (Lipinski definition) is 2. The van der Waals surface area contributed by atoms with Crippen molar-refractivity contribution in [3.8, 4) is 0 Å². The number of ether oxygens (including phenoxy) is 1. The number of nitrogens with one attached hydrogen (secondary N) is 2. The molecule has 7 heteroatoms. The van der Waals surface area contributed by atoms with Crippen molar-refractivity contribution in [2.24, 2.45) is 11.8 Å². The zero-order valence-electron chi connectivity index (χ0n) is 18.7. The molecule has 1 aromatic carbocycles. The standard InChI is InChI=1S/C26H31N3O4/c1-2-15-29-22(24(31)28-18-11-7-4-8-12-18)26-14-13-19(33-26)20(21(26)25(29)32)23(30)27-16-17-9-5-3-6-10-17/h2-3,5-6,9-10,13-14,18-22H,1,4,7-8,11-12,15-16H2,(H,27,30)(H,28,31)/t19-,20+,21-,22+,26-/m1/s1. The van der Waals surface area contributed by atoms with E-state index >= 15 is 0 Å². The maximum atomic E-state index is 13.6. The molecule has 3 aliphatic heterocycles. The Labute approximate surface area is 194 Å². The third-order valence-electron chi connectivity index (χ3n) is 7.51. The topological polar surface area (TPSA) is 87.7 Å². The molecule has 5 rings (SSSR count). The molecule has 3 heterocycles. The number of rotatable bonds is 7. The number of carbonyl (C=O) groups excluding carboxylic acids is 3. The van der Waals surface area contributed by atoms with Crippen LogP contribution in [0, 0.1) is 11.8 Å². The van der Waals surface area contributed by atoms with E-state index in [1.165, 1.54) is 6.42 Å². The Hall–Kier alpha value is -2.93. The number of amides is 3. The molecule has 2 N–H and O–H groups in total. The van der Waals surface area contributed by atoms with Gasteiger partial charge in [-0.25, -0.2) is 0 Å². The highest BCUT2D eigenvalue weighted by molar-refractivity contribution is 6.00. The second-order valence-electron chi connectivity index (χ2n) is 9.53. The Morgan fingerprint density at radius 2 is 1.91 bits per heavy atom. The third kappa shape index (κ3) is 3.68. The van der Waals surface area contributed by atoms with Crippen molar-refractivity contribution in [1.29, 1.82) is 0 Å². The SMILES string of the molecule is C=CCN1C(=O)[C@H]2[C@@H](C(=O)NCc3ccccc3)[C@H]3C=C[C@]2(O3)[C@@H]1C(=O)NC1CCCCC1. The van der Waals surface area contributed by atoms with Gasteiger partial charge in [0.15, 0.2) is 0 Å². The van der Waals surface area contributed by atoms with Crippen LogP contribution in [0.2, 0.25) is 0 Å². The van der Waals surface area contributed by atoms with Crippen LogP contribution in [0.15, 0.2) is 55.1 Å². The molecule has 0 radical (unpaired) electrons. The number of likely N-dealkylation sites (tertiary alicyclic amines) is 1. The summed E-state index contributed by atoms with van der Waals surface area (Å²) < 4.78 is 6.31. The number of nitrogens with zero attached hydrogens (tertiary/aromatic N) is 1. The van der Waals surface area contributed by atoms with E-state index in [-0.39, 0.29) is 30.3 Å². The molecule has 4 aliphatic rings. The molecule has 0 unspecified atom stereocenters. The van der Waals surface area contributed by atoms with Crippen molar-refractivity contribution in [3.05, 3.63) is 60.7 Å². The molecule has 2 bridgehead atoms. The number of hydrogen-bond acceptors (Lipinski definition) is 4. The Balaban J connectivity index is 1.38. The van der Waals surface area contributed by atoms with Crippen molar-refractivity contribution in [1.82, 2.24) is 15.5 Å². The van der Waals surface area contributed by atoms with Crippen LogP contribution >= 0.6 is 0 Å². The maximum Gasteiger partial charge on any atom is 0.246 e. The highest BCUT2D eigenvalue weighted by atomic mass is 16.5. The number of carbonyl (C=O) groups is 3. The fourth-order valence-electron chi connectivity index (χ4n) is 6.03. The van der Waals surface area contributed by atoms with Crippen LogP contribution in [-0.2, 0) is 25.7 Å². The predicted octanol–water partition coefficient (Wildman–Crippen LogP) is 2.09. The molecule has 33 heavy (non-hydrogen) atoms. The van der Waals surface area contributed by atoms with Crippen molar-refractivity contribution >= 4 is 17.7 Å². The fourth-order valence-corrected chi connectivity index (χ4v) is 6.03. The van der Waals surface area contributed by atoms with Gasteiger partial charge in [0, 0.05) is 19.1 Å². The van der Waals surface area contributed by atoms with Crippen molar-refractivity contribution in [3.63, 3.8) is 0 Å². The van der Waals surface area contributed by atoms with Gasteiger partial charge in [0.25, 0.3) is 0 Å². The summed E-state index contributed by atoms with van der Waals surface area (Å²) >= 11 is 0. The molecule has 1 spiro atoms. The molecular formula is C26H31N3O4. The van der Waals surface area contributed by atoms with Crippen LogP contribution in [0.25, 0.3) is 0 Å². The summed E-state index contributed by atoms with van der Waals surface area (Å²) in [5.41, 5.74) is -0.130. The maximum absolute atomic E-state index is 13.6. The normalized spacial score (nSPS) is 32.6. The zero-order valence-corrected chi connectivity index (χ0v) is 18.7. The summed E-state index contributed by atoms with van der Waals surface area (Å²) in [6.07, 6.45) is 10.1. The van der Waals surface area contributed by atoms with Gasteiger partial charge in [-0.2, -0.15) is 0 Å². The van der Waals surface area contributed by atoms with Crippen molar-refractivity contribution in [2.45, 2.75) is 62.4 Å². The lowest BCUT2D eigenvalue weighted by Gasteiger charge is -2.33. The molecule has 1 aliphatic carbocycles. The largest absolute Gasteiger partial charge is 0.359 e. The lowest BCUT2D eigenvalue weighted by atomic mass is 9.74. The quantitative estimate of drug-likeness (QED) is 0.624. The van der Waals surface area contributed by atoms with Gasteiger partial charge in [0.1, 0.15) is 11.6 Å². The summed E-state index contributed by atoms with van der Waals surface area (Å²) in [6.45, 7) is 4.39. The lowest BCUT2D eigenvalue weighted by molar-refractivity contribution is -0.141. The van der Waals surface area contributed by atoms with Gasteiger partial charge in [-0.3, -0.25) is 14.4 Å². The molecule has 1 saturated carbocycles. The van der Waals surface area contributed by atoms with Crippen LogP contribution in [-0.4, -0.2) is 53.0 Å². The van der Waals surface area contributed by atoms with E-state index in [0.29, 0.717) is 6.54 Å². The first-order chi connectivity index (χ1) is 16.0. The second-order valence-corrected chi connectivity index (χ2v) is 9.53. The molecule has 3 fully saturated rings. The first-order valence-corrected chi connectivity index (χ1v) is 12.0. The summed E-state index contributed by atoms with van der Waals surface area (Å²) in [7, 11) is 0. The Morgan fingerprint density at radius 3 is 2.64 bits per heavy atom. The van der Waals surface area contributed by atoms with Crippen LogP contribution in [0.4, 0.5) is 0 Å². The highest BCUT2D eigenvalue weighted by Gasteiger charge is 2.72. The van der Waals surface area contributed by atoms with Crippen LogP contribution in [0.3, 0.4) is 0 Å². The minimum Gasteiger partial charge on any atom is -0.359 e. The number of fused-ring (bicyclic) bond motifs is 1. The first kappa shape index (κ1) is 21.9. The van der Waals surface area contributed by atoms with Gasteiger partial charge >= 0.3 is 0 Å². The van der Waals surface area contributed by atoms with E-state index in [1.54, 1.807) is 11.0 Å².